The van der Waals surface area contributed by atoms with Gasteiger partial charge in [-0.15, -0.1) is 0 Å². The molecule has 1 fully saturated rings. The summed E-state index contributed by atoms with van der Waals surface area (Å²) in [6, 6.07) is 13.9. The van der Waals surface area contributed by atoms with Crippen LogP contribution in [0.25, 0.3) is 10.9 Å². The third-order valence-corrected chi connectivity index (χ3v) is 5.01. The van der Waals surface area contributed by atoms with Gasteiger partial charge < -0.3 is 15.2 Å². The number of nitrogens with zero attached hydrogens (tertiary/aromatic N) is 1. The smallest absolute Gasteiger partial charge is 0.229 e. The monoisotopic (exact) mass is 365 g/mol. The van der Waals surface area contributed by atoms with Crippen molar-refractivity contribution in [2.75, 3.05) is 18.4 Å². The summed E-state index contributed by atoms with van der Waals surface area (Å²) in [5, 5.41) is 3.69. The van der Waals surface area contributed by atoms with E-state index in [1.165, 1.54) is 12.1 Å². The number of likely N-dealkylation sites (tertiary alicyclic amines) is 1. The highest BCUT2D eigenvalue weighted by Gasteiger charge is 2.34. The van der Waals surface area contributed by atoms with Crippen molar-refractivity contribution in [2.45, 2.75) is 12.8 Å². The van der Waals surface area contributed by atoms with E-state index in [9.17, 15) is 14.0 Å². The molecule has 1 aliphatic rings. The number of halogens is 1. The minimum absolute atomic E-state index is 0.0192. The molecule has 0 bridgehead atoms. The molecule has 1 unspecified atom stereocenters. The predicted molar refractivity (Wildman–Crippen MR) is 102 cm³/mol. The number of carbonyl (C=O) groups is 2. The van der Waals surface area contributed by atoms with Gasteiger partial charge in [0.05, 0.1) is 5.92 Å². The van der Waals surface area contributed by atoms with E-state index in [0.717, 1.165) is 22.2 Å². The average Bonchev–Trinajstić information content (AvgIpc) is 3.24. The van der Waals surface area contributed by atoms with Crippen molar-refractivity contribution < 1.29 is 14.0 Å². The number of fused-ring (bicyclic) bond motifs is 1. The summed E-state index contributed by atoms with van der Waals surface area (Å²) in [7, 11) is 0. The molecule has 2 N–H and O–H groups in total. The molecule has 27 heavy (non-hydrogen) atoms. The van der Waals surface area contributed by atoms with Crippen LogP contribution in [-0.2, 0) is 16.0 Å². The van der Waals surface area contributed by atoms with Gasteiger partial charge in [0.25, 0.3) is 0 Å². The van der Waals surface area contributed by atoms with Crippen molar-refractivity contribution in [1.82, 2.24) is 9.88 Å². The number of anilines is 1. The van der Waals surface area contributed by atoms with Crippen LogP contribution in [0.15, 0.2) is 54.7 Å². The van der Waals surface area contributed by atoms with Gasteiger partial charge >= 0.3 is 0 Å². The maximum Gasteiger partial charge on any atom is 0.229 e. The topological polar surface area (TPSA) is 65.2 Å². The number of carbonyl (C=O) groups excluding carboxylic acids is 2. The Morgan fingerprint density at radius 2 is 2.04 bits per heavy atom. The van der Waals surface area contributed by atoms with Crippen LogP contribution in [0.1, 0.15) is 12.0 Å². The lowest BCUT2D eigenvalue weighted by Crippen LogP contribution is -2.29. The van der Waals surface area contributed by atoms with Crippen molar-refractivity contribution >= 4 is 28.4 Å². The number of rotatable bonds is 5. The van der Waals surface area contributed by atoms with Gasteiger partial charge in [-0.1, -0.05) is 18.2 Å². The molecule has 1 atom stereocenters. The standard InChI is InChI=1S/C21H20FN3O2/c22-16-6-7-19-18(11-16)14(12-23-19)8-9-25-13-15(10-20(25)26)21(27)24-17-4-2-1-3-5-17/h1-7,11-12,15,23H,8-10,13H2,(H,24,27). The molecule has 0 saturated carbocycles. The number of aromatic amines is 1. The first-order valence-corrected chi connectivity index (χ1v) is 8.99. The summed E-state index contributed by atoms with van der Waals surface area (Å²) in [5.41, 5.74) is 2.57. The molecule has 1 saturated heterocycles. The summed E-state index contributed by atoms with van der Waals surface area (Å²) in [6.07, 6.45) is 2.69. The molecule has 5 nitrogen and oxygen atoms in total. The average molecular weight is 365 g/mol. The lowest BCUT2D eigenvalue weighted by Gasteiger charge is -2.16. The van der Waals surface area contributed by atoms with Crippen LogP contribution in [-0.4, -0.2) is 34.8 Å². The molecule has 1 aromatic heterocycles. The molecular weight excluding hydrogens is 345 g/mol. The summed E-state index contributed by atoms with van der Waals surface area (Å²) >= 11 is 0. The third-order valence-electron chi connectivity index (χ3n) is 5.01. The van der Waals surface area contributed by atoms with Crippen LogP contribution in [0.5, 0.6) is 0 Å². The summed E-state index contributed by atoms with van der Waals surface area (Å²) < 4.78 is 13.5. The zero-order chi connectivity index (χ0) is 18.8. The van der Waals surface area contributed by atoms with Crippen molar-refractivity contribution in [2.24, 2.45) is 5.92 Å². The number of para-hydroxylation sites is 1. The first-order valence-electron chi connectivity index (χ1n) is 8.99. The van der Waals surface area contributed by atoms with Crippen LogP contribution >= 0.6 is 0 Å². The molecule has 2 aromatic carbocycles. The van der Waals surface area contributed by atoms with Crippen LogP contribution in [0.4, 0.5) is 10.1 Å². The van der Waals surface area contributed by atoms with Crippen molar-refractivity contribution in [3.63, 3.8) is 0 Å². The van der Waals surface area contributed by atoms with Gasteiger partial charge in [0.1, 0.15) is 5.82 Å². The van der Waals surface area contributed by atoms with E-state index in [0.29, 0.717) is 19.5 Å². The number of nitrogens with one attached hydrogen (secondary N) is 2. The van der Waals surface area contributed by atoms with Crippen molar-refractivity contribution in [3.05, 3.63) is 66.1 Å². The number of benzene rings is 2. The summed E-state index contributed by atoms with van der Waals surface area (Å²) in [6.45, 7) is 0.922. The fourth-order valence-corrected chi connectivity index (χ4v) is 3.54. The Bertz CT molecular complexity index is 984. The maximum atomic E-state index is 13.5. The molecule has 3 aromatic rings. The van der Waals surface area contributed by atoms with E-state index in [1.807, 2.05) is 36.5 Å². The van der Waals surface area contributed by atoms with Crippen LogP contribution in [0.3, 0.4) is 0 Å². The van der Waals surface area contributed by atoms with Crippen LogP contribution in [0.2, 0.25) is 0 Å². The number of amides is 2. The van der Waals surface area contributed by atoms with E-state index < -0.39 is 0 Å². The lowest BCUT2D eigenvalue weighted by molar-refractivity contribution is -0.128. The van der Waals surface area contributed by atoms with Gasteiger partial charge in [-0.05, 0) is 42.3 Å². The molecule has 4 rings (SSSR count). The van der Waals surface area contributed by atoms with E-state index in [2.05, 4.69) is 10.3 Å². The minimum atomic E-state index is -0.349. The molecule has 0 aliphatic carbocycles. The molecule has 0 spiro atoms. The fraction of sp³-hybridized carbons (Fsp3) is 0.238. The van der Waals surface area contributed by atoms with Gasteiger partial charge in [0.15, 0.2) is 0 Å². The van der Waals surface area contributed by atoms with Crippen LogP contribution in [0, 0.1) is 11.7 Å². The van der Waals surface area contributed by atoms with Gasteiger partial charge in [0.2, 0.25) is 11.8 Å². The number of H-pyrrole nitrogens is 1. The van der Waals surface area contributed by atoms with E-state index in [-0.39, 0.29) is 30.0 Å². The number of aromatic nitrogens is 1. The quantitative estimate of drug-likeness (QED) is 0.728. The van der Waals surface area contributed by atoms with E-state index in [1.54, 1.807) is 11.0 Å². The predicted octanol–water partition coefficient (Wildman–Crippen LogP) is 3.34. The Labute approximate surface area is 156 Å². The lowest BCUT2D eigenvalue weighted by atomic mass is 10.1. The first kappa shape index (κ1) is 17.3. The highest BCUT2D eigenvalue weighted by Crippen LogP contribution is 2.23. The van der Waals surface area contributed by atoms with E-state index >= 15 is 0 Å². The second kappa shape index (κ2) is 7.23. The molecule has 0 radical (unpaired) electrons. The highest BCUT2D eigenvalue weighted by atomic mass is 19.1. The second-order valence-corrected chi connectivity index (χ2v) is 6.85. The van der Waals surface area contributed by atoms with Crippen molar-refractivity contribution in [3.8, 4) is 0 Å². The SMILES string of the molecule is O=C(Nc1ccccc1)C1CC(=O)N(CCc2c[nH]c3ccc(F)cc23)C1. The first-order chi connectivity index (χ1) is 13.1. The maximum absolute atomic E-state index is 13.5. The van der Waals surface area contributed by atoms with Gasteiger partial charge in [0, 0.05) is 42.3 Å². The largest absolute Gasteiger partial charge is 0.361 e. The van der Waals surface area contributed by atoms with Gasteiger partial charge in [-0.2, -0.15) is 0 Å². The Morgan fingerprint density at radius 1 is 1.22 bits per heavy atom. The molecular formula is C21H20FN3O2. The number of hydrogen-bond donors (Lipinski definition) is 2. The zero-order valence-electron chi connectivity index (χ0n) is 14.7. The third kappa shape index (κ3) is 3.69. The van der Waals surface area contributed by atoms with E-state index in [4.69, 9.17) is 0 Å². The Hall–Kier alpha value is -3.15. The molecule has 2 amide bonds. The Kier molecular flexibility index (Phi) is 4.62. The van der Waals surface area contributed by atoms with Gasteiger partial charge in [-0.3, -0.25) is 9.59 Å². The molecule has 1 aliphatic heterocycles. The minimum Gasteiger partial charge on any atom is -0.361 e. The molecule has 2 heterocycles. The zero-order valence-corrected chi connectivity index (χ0v) is 14.7. The Morgan fingerprint density at radius 3 is 2.85 bits per heavy atom. The second-order valence-electron chi connectivity index (χ2n) is 6.85. The highest BCUT2D eigenvalue weighted by molar-refractivity contribution is 5.97. The Balaban J connectivity index is 1.38. The fourth-order valence-electron chi connectivity index (χ4n) is 3.54. The summed E-state index contributed by atoms with van der Waals surface area (Å²) in [5.74, 6) is -0.781. The normalized spacial score (nSPS) is 16.9. The van der Waals surface area contributed by atoms with Crippen LogP contribution < -0.4 is 5.32 Å². The van der Waals surface area contributed by atoms with Gasteiger partial charge in [-0.25, -0.2) is 4.39 Å². The molecule has 6 heteroatoms. The van der Waals surface area contributed by atoms with Crippen molar-refractivity contribution in [1.29, 1.82) is 0 Å². The summed E-state index contributed by atoms with van der Waals surface area (Å²) in [4.78, 5) is 29.5. The molecule has 138 valence electrons. The number of hydrogen-bond acceptors (Lipinski definition) is 2.